The molecule has 0 aromatic heterocycles. The van der Waals surface area contributed by atoms with Crippen LogP contribution in [0.4, 0.5) is 14.9 Å². The zero-order valence-electron chi connectivity index (χ0n) is 9.97. The molecule has 98 valence electrons. The van der Waals surface area contributed by atoms with Crippen molar-refractivity contribution in [1.29, 1.82) is 0 Å². The van der Waals surface area contributed by atoms with Crippen molar-refractivity contribution in [2.45, 2.75) is 6.61 Å². The summed E-state index contributed by atoms with van der Waals surface area (Å²) in [4.78, 5) is 11.5. The van der Waals surface area contributed by atoms with E-state index in [1.807, 2.05) is 30.3 Å². The molecule has 0 radical (unpaired) electrons. The lowest BCUT2D eigenvalue weighted by Crippen LogP contribution is -2.14. The minimum atomic E-state index is -0.890. The van der Waals surface area contributed by atoms with E-state index in [1.165, 1.54) is 18.2 Å². The van der Waals surface area contributed by atoms with E-state index in [0.717, 1.165) is 5.56 Å². The number of halogens is 1. The lowest BCUT2D eigenvalue weighted by Gasteiger charge is -2.08. The van der Waals surface area contributed by atoms with Crippen molar-refractivity contribution in [3.8, 4) is 5.75 Å². The van der Waals surface area contributed by atoms with Crippen LogP contribution < -0.4 is 5.32 Å². The first kappa shape index (κ1) is 12.9. The number of phenols is 1. The highest BCUT2D eigenvalue weighted by molar-refractivity contribution is 5.85. The Labute approximate surface area is 109 Å². The molecular weight excluding hydrogens is 249 g/mol. The summed E-state index contributed by atoms with van der Waals surface area (Å²) in [6.45, 7) is 0.0904. The van der Waals surface area contributed by atoms with Gasteiger partial charge in [0, 0.05) is 0 Å². The number of rotatable bonds is 3. The minimum Gasteiger partial charge on any atom is -0.505 e. The maximum absolute atomic E-state index is 13.4. The number of benzene rings is 2. The summed E-state index contributed by atoms with van der Waals surface area (Å²) in [6, 6.07) is 13.1. The fraction of sp³-hybridized carbons (Fsp3) is 0.0714. The Balaban J connectivity index is 1.93. The first-order valence-electron chi connectivity index (χ1n) is 5.62. The van der Waals surface area contributed by atoms with E-state index in [-0.39, 0.29) is 12.3 Å². The van der Waals surface area contributed by atoms with E-state index in [1.54, 1.807) is 0 Å². The van der Waals surface area contributed by atoms with Gasteiger partial charge in [0.1, 0.15) is 6.61 Å². The van der Waals surface area contributed by atoms with Crippen LogP contribution in [0.5, 0.6) is 5.75 Å². The Bertz CT molecular complexity index is 572. The van der Waals surface area contributed by atoms with Gasteiger partial charge in [0.25, 0.3) is 0 Å². The van der Waals surface area contributed by atoms with Crippen LogP contribution in [0.15, 0.2) is 48.5 Å². The van der Waals surface area contributed by atoms with E-state index < -0.39 is 17.7 Å². The number of phenolic OH excluding ortho intramolecular Hbond substituents is 1. The van der Waals surface area contributed by atoms with Crippen LogP contribution in [-0.4, -0.2) is 11.2 Å². The molecule has 1 amide bonds. The smallest absolute Gasteiger partial charge is 0.412 e. The number of nitrogens with one attached hydrogen (secondary N) is 1. The van der Waals surface area contributed by atoms with Crippen LogP contribution in [0.3, 0.4) is 0 Å². The Kier molecular flexibility index (Phi) is 3.97. The van der Waals surface area contributed by atoms with E-state index in [0.29, 0.717) is 0 Å². The van der Waals surface area contributed by atoms with Gasteiger partial charge in [-0.2, -0.15) is 0 Å². The molecule has 0 bridgehead atoms. The molecular formula is C14H12FNO3. The monoisotopic (exact) mass is 261 g/mol. The second kappa shape index (κ2) is 5.86. The lowest BCUT2D eigenvalue weighted by atomic mass is 10.2. The summed E-state index contributed by atoms with van der Waals surface area (Å²) in [6.07, 6.45) is -0.784. The molecule has 0 saturated heterocycles. The third kappa shape index (κ3) is 3.45. The van der Waals surface area contributed by atoms with E-state index in [9.17, 15) is 9.18 Å². The lowest BCUT2D eigenvalue weighted by molar-refractivity contribution is 0.155. The number of ether oxygens (including phenoxy) is 1. The summed E-state index contributed by atoms with van der Waals surface area (Å²) in [5, 5.41) is 11.4. The molecule has 2 aromatic carbocycles. The molecule has 4 nitrogen and oxygen atoms in total. The predicted octanol–water partition coefficient (Wildman–Crippen LogP) is 3.28. The quantitative estimate of drug-likeness (QED) is 0.891. The highest BCUT2D eigenvalue weighted by atomic mass is 19.1. The number of carbonyl (C=O) groups is 1. The largest absolute Gasteiger partial charge is 0.505 e. The second-order valence-corrected chi connectivity index (χ2v) is 3.83. The molecule has 2 N–H and O–H groups in total. The number of hydrogen-bond donors (Lipinski definition) is 2. The average molecular weight is 261 g/mol. The molecule has 2 rings (SSSR count). The van der Waals surface area contributed by atoms with Crippen molar-refractivity contribution in [2.24, 2.45) is 0 Å². The van der Waals surface area contributed by atoms with Crippen molar-refractivity contribution >= 4 is 11.8 Å². The summed E-state index contributed by atoms with van der Waals surface area (Å²) < 4.78 is 18.3. The molecule has 5 heteroatoms. The first-order chi connectivity index (χ1) is 9.16. The highest BCUT2D eigenvalue weighted by Crippen LogP contribution is 2.22. The van der Waals surface area contributed by atoms with Crippen molar-refractivity contribution < 1.29 is 19.0 Å². The van der Waals surface area contributed by atoms with Gasteiger partial charge in [0.2, 0.25) is 0 Å². The summed E-state index contributed by atoms with van der Waals surface area (Å²) in [5.41, 5.74) is 0.701. The van der Waals surface area contributed by atoms with Gasteiger partial charge in [-0.25, -0.2) is 9.18 Å². The maximum atomic E-state index is 13.4. The van der Waals surface area contributed by atoms with Crippen LogP contribution in [0.25, 0.3) is 0 Å². The minimum absolute atomic E-state index is 0.0904. The summed E-state index contributed by atoms with van der Waals surface area (Å²) in [7, 11) is 0. The van der Waals surface area contributed by atoms with Gasteiger partial charge in [-0.15, -0.1) is 0 Å². The van der Waals surface area contributed by atoms with Crippen LogP contribution in [0.1, 0.15) is 5.56 Å². The van der Waals surface area contributed by atoms with Crippen molar-refractivity contribution in [2.75, 3.05) is 5.32 Å². The molecule has 0 fully saturated rings. The topological polar surface area (TPSA) is 58.6 Å². The molecule has 2 aromatic rings. The third-order valence-electron chi connectivity index (χ3n) is 2.43. The van der Waals surface area contributed by atoms with Gasteiger partial charge in [-0.05, 0) is 17.7 Å². The van der Waals surface area contributed by atoms with Crippen LogP contribution in [0, 0.1) is 5.82 Å². The second-order valence-electron chi connectivity index (χ2n) is 3.83. The van der Waals surface area contributed by atoms with Gasteiger partial charge < -0.3 is 9.84 Å². The number of anilines is 1. The molecule has 0 heterocycles. The number of amides is 1. The molecule has 0 atom stereocenters. The van der Waals surface area contributed by atoms with E-state index >= 15 is 0 Å². The van der Waals surface area contributed by atoms with Crippen LogP contribution >= 0.6 is 0 Å². The average Bonchev–Trinajstić information content (AvgIpc) is 2.43. The molecule has 0 unspecified atom stereocenters. The standard InChI is InChI=1S/C14H12FNO3/c15-13-11(7-4-8-12(13)17)16-14(18)19-9-10-5-2-1-3-6-10/h1-8,17H,9H2,(H,16,18). The van der Waals surface area contributed by atoms with Gasteiger partial charge in [-0.1, -0.05) is 36.4 Å². The number of carbonyl (C=O) groups excluding carboxylic acids is 1. The fourth-order valence-electron chi connectivity index (χ4n) is 1.49. The van der Waals surface area contributed by atoms with Crippen molar-refractivity contribution in [3.05, 3.63) is 59.9 Å². The Morgan fingerprint density at radius 3 is 2.63 bits per heavy atom. The first-order valence-corrected chi connectivity index (χ1v) is 5.62. The normalized spacial score (nSPS) is 9.95. The molecule has 19 heavy (non-hydrogen) atoms. The molecule has 0 saturated carbocycles. The van der Waals surface area contributed by atoms with E-state index in [2.05, 4.69) is 5.32 Å². The predicted molar refractivity (Wildman–Crippen MR) is 68.3 cm³/mol. The Morgan fingerprint density at radius 1 is 1.16 bits per heavy atom. The van der Waals surface area contributed by atoms with Crippen molar-refractivity contribution in [1.82, 2.24) is 0 Å². The van der Waals surface area contributed by atoms with E-state index in [4.69, 9.17) is 9.84 Å². The molecule has 0 aliphatic heterocycles. The molecule has 0 spiro atoms. The van der Waals surface area contributed by atoms with Gasteiger partial charge >= 0.3 is 6.09 Å². The summed E-state index contributed by atoms with van der Waals surface area (Å²) in [5.74, 6) is -1.42. The summed E-state index contributed by atoms with van der Waals surface area (Å²) >= 11 is 0. The number of aromatic hydroxyl groups is 1. The van der Waals surface area contributed by atoms with Gasteiger partial charge in [-0.3, -0.25) is 5.32 Å². The Hall–Kier alpha value is -2.56. The van der Waals surface area contributed by atoms with Crippen LogP contribution in [0.2, 0.25) is 0 Å². The van der Waals surface area contributed by atoms with Gasteiger partial charge in [0.15, 0.2) is 11.6 Å². The highest BCUT2D eigenvalue weighted by Gasteiger charge is 2.10. The van der Waals surface area contributed by atoms with Crippen molar-refractivity contribution in [3.63, 3.8) is 0 Å². The van der Waals surface area contributed by atoms with Crippen LogP contribution in [-0.2, 0) is 11.3 Å². The number of hydrogen-bond acceptors (Lipinski definition) is 3. The SMILES string of the molecule is O=C(Nc1cccc(O)c1F)OCc1ccccc1. The zero-order chi connectivity index (χ0) is 13.7. The zero-order valence-corrected chi connectivity index (χ0v) is 9.97. The molecule has 0 aliphatic rings. The molecule has 0 aliphatic carbocycles. The fourth-order valence-corrected chi connectivity index (χ4v) is 1.49. The van der Waals surface area contributed by atoms with Gasteiger partial charge in [0.05, 0.1) is 5.69 Å². The Morgan fingerprint density at radius 2 is 1.89 bits per heavy atom. The third-order valence-corrected chi connectivity index (χ3v) is 2.43. The maximum Gasteiger partial charge on any atom is 0.412 e.